The third-order valence-corrected chi connectivity index (χ3v) is 2.16. The van der Waals surface area contributed by atoms with Gasteiger partial charge in [0.15, 0.2) is 0 Å². The first kappa shape index (κ1) is 9.96. The van der Waals surface area contributed by atoms with Gasteiger partial charge < -0.3 is 15.2 Å². The normalized spacial score (nSPS) is 23.2. The molecule has 12 heavy (non-hydrogen) atoms. The van der Waals surface area contributed by atoms with E-state index >= 15 is 0 Å². The molecule has 0 amide bonds. The number of hydrogen-bond donors (Lipinski definition) is 2. The van der Waals surface area contributed by atoms with Crippen LogP contribution in [-0.2, 0) is 4.74 Å². The van der Waals surface area contributed by atoms with Crippen molar-refractivity contribution in [1.82, 2.24) is 5.32 Å². The Morgan fingerprint density at radius 2 is 2.33 bits per heavy atom. The van der Waals surface area contributed by atoms with Crippen molar-refractivity contribution in [1.29, 1.82) is 0 Å². The fourth-order valence-electron chi connectivity index (χ4n) is 1.43. The van der Waals surface area contributed by atoms with Gasteiger partial charge in [-0.1, -0.05) is 0 Å². The molecule has 1 aliphatic heterocycles. The third-order valence-electron chi connectivity index (χ3n) is 2.16. The monoisotopic (exact) mass is 173 g/mol. The first-order chi connectivity index (χ1) is 5.93. The Balaban J connectivity index is 1.81. The second-order valence-corrected chi connectivity index (χ2v) is 3.27. The second-order valence-electron chi connectivity index (χ2n) is 3.27. The van der Waals surface area contributed by atoms with Crippen LogP contribution in [0.5, 0.6) is 0 Å². The molecule has 1 unspecified atom stereocenters. The number of unbranched alkanes of at least 4 members (excludes halogenated alkanes) is 1. The highest BCUT2D eigenvalue weighted by molar-refractivity contribution is 4.67. The van der Waals surface area contributed by atoms with Gasteiger partial charge in [-0.2, -0.15) is 0 Å². The van der Waals surface area contributed by atoms with Crippen molar-refractivity contribution in [3.05, 3.63) is 0 Å². The minimum absolute atomic E-state index is 0.307. The molecule has 1 heterocycles. The lowest BCUT2D eigenvalue weighted by atomic mass is 10.2. The lowest BCUT2D eigenvalue weighted by molar-refractivity contribution is 0.110. The Bertz CT molecular complexity index is 103. The number of aliphatic hydroxyl groups is 1. The summed E-state index contributed by atoms with van der Waals surface area (Å²) in [5.41, 5.74) is 0. The van der Waals surface area contributed by atoms with Gasteiger partial charge in [0.05, 0.1) is 6.10 Å². The summed E-state index contributed by atoms with van der Waals surface area (Å²) in [6, 6.07) is 0. The summed E-state index contributed by atoms with van der Waals surface area (Å²) in [6.07, 6.45) is 4.82. The highest BCUT2D eigenvalue weighted by atomic mass is 16.5. The maximum atomic E-state index is 8.52. The quantitative estimate of drug-likeness (QED) is 0.576. The number of rotatable bonds is 6. The van der Waals surface area contributed by atoms with E-state index in [0.717, 1.165) is 32.5 Å². The molecule has 1 rings (SSSR count). The van der Waals surface area contributed by atoms with E-state index in [0.29, 0.717) is 12.7 Å². The van der Waals surface area contributed by atoms with Crippen molar-refractivity contribution in [2.24, 2.45) is 0 Å². The maximum Gasteiger partial charge on any atom is 0.0700 e. The predicted molar refractivity (Wildman–Crippen MR) is 48.2 cm³/mol. The van der Waals surface area contributed by atoms with Crippen LogP contribution in [0.4, 0.5) is 0 Å². The predicted octanol–water partition coefficient (Wildman–Crippen LogP) is 0.527. The van der Waals surface area contributed by atoms with Gasteiger partial charge in [-0.05, 0) is 32.2 Å². The fourth-order valence-corrected chi connectivity index (χ4v) is 1.43. The van der Waals surface area contributed by atoms with Gasteiger partial charge in [0.25, 0.3) is 0 Å². The van der Waals surface area contributed by atoms with Crippen molar-refractivity contribution in [3.63, 3.8) is 0 Å². The van der Waals surface area contributed by atoms with Crippen molar-refractivity contribution in [2.45, 2.75) is 31.8 Å². The summed E-state index contributed by atoms with van der Waals surface area (Å²) in [7, 11) is 0. The van der Waals surface area contributed by atoms with E-state index in [2.05, 4.69) is 5.32 Å². The summed E-state index contributed by atoms with van der Waals surface area (Å²) in [6.45, 7) is 3.22. The first-order valence-corrected chi connectivity index (χ1v) is 4.86. The fraction of sp³-hybridized carbons (Fsp3) is 1.00. The molecule has 3 heteroatoms. The molecule has 1 fully saturated rings. The van der Waals surface area contributed by atoms with Crippen LogP contribution in [0.15, 0.2) is 0 Å². The second kappa shape index (κ2) is 6.40. The summed E-state index contributed by atoms with van der Waals surface area (Å²) >= 11 is 0. The van der Waals surface area contributed by atoms with Gasteiger partial charge in [0.1, 0.15) is 0 Å². The molecule has 2 N–H and O–H groups in total. The van der Waals surface area contributed by atoms with E-state index in [1.807, 2.05) is 0 Å². The van der Waals surface area contributed by atoms with Crippen LogP contribution in [0, 0.1) is 0 Å². The van der Waals surface area contributed by atoms with Crippen molar-refractivity contribution in [3.8, 4) is 0 Å². The number of ether oxygens (including phenoxy) is 1. The molecule has 0 aliphatic carbocycles. The van der Waals surface area contributed by atoms with Crippen molar-refractivity contribution in [2.75, 3.05) is 26.3 Å². The molecule has 1 aliphatic rings. The molecule has 0 bridgehead atoms. The van der Waals surface area contributed by atoms with E-state index in [1.165, 1.54) is 12.8 Å². The maximum absolute atomic E-state index is 8.52. The zero-order valence-corrected chi connectivity index (χ0v) is 7.59. The minimum Gasteiger partial charge on any atom is -0.396 e. The summed E-state index contributed by atoms with van der Waals surface area (Å²) in [5.74, 6) is 0. The molecule has 0 radical (unpaired) electrons. The SMILES string of the molecule is OCCCCNCC1CCCO1. The molecule has 1 saturated heterocycles. The van der Waals surface area contributed by atoms with Crippen molar-refractivity contribution >= 4 is 0 Å². The molecule has 1 atom stereocenters. The van der Waals surface area contributed by atoms with E-state index < -0.39 is 0 Å². The minimum atomic E-state index is 0.307. The largest absolute Gasteiger partial charge is 0.396 e. The van der Waals surface area contributed by atoms with Crippen LogP contribution in [0.25, 0.3) is 0 Å². The Morgan fingerprint density at radius 1 is 1.42 bits per heavy atom. The highest BCUT2D eigenvalue weighted by Crippen LogP contribution is 2.10. The Kier molecular flexibility index (Phi) is 5.32. The van der Waals surface area contributed by atoms with E-state index in [9.17, 15) is 0 Å². The topological polar surface area (TPSA) is 41.5 Å². The van der Waals surface area contributed by atoms with E-state index in [4.69, 9.17) is 9.84 Å². The van der Waals surface area contributed by atoms with Crippen LogP contribution in [0.2, 0.25) is 0 Å². The average molecular weight is 173 g/mol. The van der Waals surface area contributed by atoms with Gasteiger partial charge in [0.2, 0.25) is 0 Å². The Morgan fingerprint density at radius 3 is 3.00 bits per heavy atom. The molecule has 0 aromatic carbocycles. The zero-order valence-electron chi connectivity index (χ0n) is 7.59. The van der Waals surface area contributed by atoms with Gasteiger partial charge in [0, 0.05) is 19.8 Å². The molecule has 3 nitrogen and oxygen atoms in total. The summed E-state index contributed by atoms with van der Waals surface area (Å²) in [5, 5.41) is 11.9. The Hall–Kier alpha value is -0.120. The van der Waals surface area contributed by atoms with Crippen LogP contribution in [0.1, 0.15) is 25.7 Å². The van der Waals surface area contributed by atoms with Gasteiger partial charge in [-0.25, -0.2) is 0 Å². The lowest BCUT2D eigenvalue weighted by Crippen LogP contribution is -2.27. The zero-order chi connectivity index (χ0) is 8.65. The summed E-state index contributed by atoms with van der Waals surface area (Å²) < 4.78 is 5.45. The van der Waals surface area contributed by atoms with Crippen LogP contribution < -0.4 is 5.32 Å². The Labute approximate surface area is 74.1 Å². The molecule has 72 valence electrons. The number of aliphatic hydroxyl groups excluding tert-OH is 1. The van der Waals surface area contributed by atoms with Crippen LogP contribution >= 0.6 is 0 Å². The standard InChI is InChI=1S/C9H19NO2/c11-6-2-1-5-10-8-9-4-3-7-12-9/h9-11H,1-8H2. The number of nitrogens with one attached hydrogen (secondary N) is 1. The van der Waals surface area contributed by atoms with Crippen LogP contribution in [-0.4, -0.2) is 37.5 Å². The van der Waals surface area contributed by atoms with Gasteiger partial charge in [-0.3, -0.25) is 0 Å². The third kappa shape index (κ3) is 4.04. The summed E-state index contributed by atoms with van der Waals surface area (Å²) in [4.78, 5) is 0. The highest BCUT2D eigenvalue weighted by Gasteiger charge is 2.13. The smallest absolute Gasteiger partial charge is 0.0700 e. The van der Waals surface area contributed by atoms with Gasteiger partial charge in [-0.15, -0.1) is 0 Å². The van der Waals surface area contributed by atoms with E-state index in [-0.39, 0.29) is 0 Å². The van der Waals surface area contributed by atoms with Gasteiger partial charge >= 0.3 is 0 Å². The van der Waals surface area contributed by atoms with Crippen LogP contribution in [0.3, 0.4) is 0 Å². The molecule has 0 spiro atoms. The number of hydrogen-bond acceptors (Lipinski definition) is 3. The molecule has 0 saturated carbocycles. The lowest BCUT2D eigenvalue weighted by Gasteiger charge is -2.09. The molecular weight excluding hydrogens is 154 g/mol. The first-order valence-electron chi connectivity index (χ1n) is 4.86. The average Bonchev–Trinajstić information content (AvgIpc) is 2.57. The molecular formula is C9H19NO2. The van der Waals surface area contributed by atoms with Crippen molar-refractivity contribution < 1.29 is 9.84 Å². The molecule has 0 aromatic rings. The molecule has 0 aromatic heterocycles. The van der Waals surface area contributed by atoms with E-state index in [1.54, 1.807) is 0 Å².